The summed E-state index contributed by atoms with van der Waals surface area (Å²) in [6.45, 7) is 0. The van der Waals surface area contributed by atoms with Gasteiger partial charge in [0.2, 0.25) is 0 Å². The van der Waals surface area contributed by atoms with Crippen LogP contribution in [0.1, 0.15) is 16.1 Å². The summed E-state index contributed by atoms with van der Waals surface area (Å²) < 4.78 is 27.3. The Labute approximate surface area is 151 Å². The van der Waals surface area contributed by atoms with Crippen LogP contribution >= 0.6 is 22.9 Å². The molecule has 2 aromatic carbocycles. The number of hydrogen-bond acceptors (Lipinski definition) is 4. The summed E-state index contributed by atoms with van der Waals surface area (Å²) in [5.41, 5.74) is -0.169. The molecule has 0 radical (unpaired) electrons. The average molecular weight is 377 g/mol. The van der Waals surface area contributed by atoms with Crippen LogP contribution in [0.3, 0.4) is 0 Å². The Balaban J connectivity index is 2.02. The van der Waals surface area contributed by atoms with Gasteiger partial charge in [-0.3, -0.25) is 0 Å². The smallest absolute Gasteiger partial charge is 0.157 e. The topological polar surface area (TPSA) is 56.9 Å². The third-order valence-electron chi connectivity index (χ3n) is 3.74. The number of aromatic nitrogens is 1. The van der Waals surface area contributed by atoms with Gasteiger partial charge in [-0.15, -0.1) is 22.9 Å². The van der Waals surface area contributed by atoms with Gasteiger partial charge in [0.1, 0.15) is 16.6 Å². The van der Waals surface area contributed by atoms with Crippen LogP contribution in [0.4, 0.5) is 8.78 Å². The van der Waals surface area contributed by atoms with Crippen molar-refractivity contribution >= 4 is 22.9 Å². The fraction of sp³-hybridized carbons (Fsp3) is 0.111. The van der Waals surface area contributed by atoms with Crippen LogP contribution in [0.15, 0.2) is 47.8 Å². The number of halogens is 3. The minimum atomic E-state index is -1.87. The second-order valence-corrected chi connectivity index (χ2v) is 6.47. The summed E-state index contributed by atoms with van der Waals surface area (Å²) in [5, 5.41) is 21.6. The summed E-state index contributed by atoms with van der Waals surface area (Å²) in [6, 6.07) is 11.7. The minimum Gasteiger partial charge on any atom is -0.376 e. The van der Waals surface area contributed by atoms with Crippen LogP contribution in [0, 0.1) is 23.0 Å². The molecule has 3 aromatic rings. The Hall–Kier alpha value is -2.33. The van der Waals surface area contributed by atoms with E-state index in [0.717, 1.165) is 29.0 Å². The zero-order valence-corrected chi connectivity index (χ0v) is 14.3. The first-order chi connectivity index (χ1) is 12.0. The van der Waals surface area contributed by atoms with Gasteiger partial charge in [0, 0.05) is 22.6 Å². The molecular weight excluding hydrogens is 366 g/mol. The van der Waals surface area contributed by atoms with Crippen LogP contribution < -0.4 is 0 Å². The summed E-state index contributed by atoms with van der Waals surface area (Å²) in [6.07, 6.45) is 0. The van der Waals surface area contributed by atoms with E-state index in [0.29, 0.717) is 17.3 Å². The number of rotatable bonds is 4. The maximum absolute atomic E-state index is 14.1. The fourth-order valence-electron chi connectivity index (χ4n) is 2.38. The lowest BCUT2D eigenvalue weighted by Crippen LogP contribution is -2.30. The highest BCUT2D eigenvalue weighted by atomic mass is 35.5. The molecular formula is C18H11ClF2N2OS. The zero-order chi connectivity index (χ0) is 18.0. The van der Waals surface area contributed by atoms with Gasteiger partial charge in [0.25, 0.3) is 0 Å². The Morgan fingerprint density at radius 2 is 1.92 bits per heavy atom. The molecule has 0 aliphatic rings. The molecule has 0 aliphatic heterocycles. The van der Waals surface area contributed by atoms with Crippen molar-refractivity contribution in [2.75, 3.05) is 5.88 Å². The van der Waals surface area contributed by atoms with Crippen LogP contribution in [0.5, 0.6) is 0 Å². The van der Waals surface area contributed by atoms with Gasteiger partial charge in [-0.1, -0.05) is 12.1 Å². The maximum Gasteiger partial charge on any atom is 0.157 e. The summed E-state index contributed by atoms with van der Waals surface area (Å²) in [5.74, 6) is -1.97. The second-order valence-electron chi connectivity index (χ2n) is 5.35. The number of benzene rings is 2. The van der Waals surface area contributed by atoms with Crippen molar-refractivity contribution in [1.82, 2.24) is 4.98 Å². The van der Waals surface area contributed by atoms with Gasteiger partial charge in [0.15, 0.2) is 5.60 Å². The lowest BCUT2D eigenvalue weighted by atomic mass is 9.96. The van der Waals surface area contributed by atoms with Crippen molar-refractivity contribution in [1.29, 1.82) is 5.26 Å². The SMILES string of the molecule is N#Cc1ccc(-c2csc(C(O)(CCl)c3ccc(F)cc3F)n2)cc1. The van der Waals surface area contributed by atoms with E-state index in [-0.39, 0.29) is 16.5 Å². The monoisotopic (exact) mass is 376 g/mol. The Morgan fingerprint density at radius 3 is 2.52 bits per heavy atom. The third kappa shape index (κ3) is 3.27. The summed E-state index contributed by atoms with van der Waals surface area (Å²) >= 11 is 7.03. The number of nitrogens with zero attached hydrogens (tertiary/aromatic N) is 2. The van der Waals surface area contributed by atoms with Gasteiger partial charge < -0.3 is 5.11 Å². The van der Waals surface area contributed by atoms with Crippen LogP contribution in [0.2, 0.25) is 0 Å². The van der Waals surface area contributed by atoms with E-state index in [1.54, 1.807) is 29.6 Å². The second kappa shape index (κ2) is 6.89. The van der Waals surface area contributed by atoms with Gasteiger partial charge in [0.05, 0.1) is 23.2 Å². The molecule has 0 saturated heterocycles. The molecule has 0 spiro atoms. The molecule has 0 aliphatic carbocycles. The number of aliphatic hydroxyl groups is 1. The fourth-order valence-corrected chi connectivity index (χ4v) is 3.67. The number of thiazole rings is 1. The van der Waals surface area contributed by atoms with E-state index in [9.17, 15) is 13.9 Å². The predicted molar refractivity (Wildman–Crippen MR) is 92.3 cm³/mol. The quantitative estimate of drug-likeness (QED) is 0.685. The van der Waals surface area contributed by atoms with Crippen molar-refractivity contribution in [3.05, 3.63) is 75.6 Å². The number of alkyl halides is 1. The highest BCUT2D eigenvalue weighted by Gasteiger charge is 2.36. The molecule has 1 unspecified atom stereocenters. The first-order valence-electron chi connectivity index (χ1n) is 7.18. The Kier molecular flexibility index (Phi) is 4.82. The highest BCUT2D eigenvalue weighted by molar-refractivity contribution is 7.10. The maximum atomic E-state index is 14.1. The van der Waals surface area contributed by atoms with E-state index in [1.807, 2.05) is 6.07 Å². The standard InChI is InChI=1S/C18H11ClF2N2OS/c19-10-18(24,14-6-5-13(20)7-15(14)21)17-23-16(9-25-17)12-3-1-11(8-22)2-4-12/h1-7,9,24H,10H2. The first-order valence-corrected chi connectivity index (χ1v) is 8.60. The Bertz CT molecular complexity index is 952. The molecule has 0 saturated carbocycles. The van der Waals surface area contributed by atoms with Crippen molar-refractivity contribution in [2.45, 2.75) is 5.60 Å². The van der Waals surface area contributed by atoms with E-state index in [4.69, 9.17) is 16.9 Å². The predicted octanol–water partition coefficient (Wildman–Crippen LogP) is 4.43. The lowest BCUT2D eigenvalue weighted by Gasteiger charge is -2.24. The summed E-state index contributed by atoms with van der Waals surface area (Å²) in [4.78, 5) is 4.36. The summed E-state index contributed by atoms with van der Waals surface area (Å²) in [7, 11) is 0. The molecule has 25 heavy (non-hydrogen) atoms. The van der Waals surface area contributed by atoms with Crippen molar-refractivity contribution < 1.29 is 13.9 Å². The molecule has 1 aromatic heterocycles. The molecule has 0 fully saturated rings. The molecule has 7 heteroatoms. The molecule has 0 bridgehead atoms. The van der Waals surface area contributed by atoms with Gasteiger partial charge in [-0.2, -0.15) is 5.26 Å². The lowest BCUT2D eigenvalue weighted by molar-refractivity contribution is 0.101. The van der Waals surface area contributed by atoms with Gasteiger partial charge in [-0.25, -0.2) is 13.8 Å². The molecule has 3 nitrogen and oxygen atoms in total. The normalized spacial score (nSPS) is 13.2. The van der Waals surface area contributed by atoms with E-state index in [1.165, 1.54) is 0 Å². The van der Waals surface area contributed by atoms with Crippen molar-refractivity contribution in [3.63, 3.8) is 0 Å². The van der Waals surface area contributed by atoms with E-state index < -0.39 is 17.2 Å². The minimum absolute atomic E-state index is 0.135. The third-order valence-corrected chi connectivity index (χ3v) is 5.12. The molecule has 1 heterocycles. The molecule has 126 valence electrons. The first kappa shape index (κ1) is 17.5. The molecule has 3 rings (SSSR count). The largest absolute Gasteiger partial charge is 0.376 e. The highest BCUT2D eigenvalue weighted by Crippen LogP contribution is 2.36. The molecule has 1 atom stereocenters. The van der Waals surface area contributed by atoms with Crippen molar-refractivity contribution in [3.8, 4) is 17.3 Å². The average Bonchev–Trinajstić information content (AvgIpc) is 3.12. The van der Waals surface area contributed by atoms with Crippen LogP contribution in [-0.2, 0) is 5.60 Å². The number of hydrogen-bond donors (Lipinski definition) is 1. The van der Waals surface area contributed by atoms with E-state index in [2.05, 4.69) is 4.98 Å². The van der Waals surface area contributed by atoms with Crippen LogP contribution in [-0.4, -0.2) is 16.0 Å². The Morgan fingerprint density at radius 1 is 1.20 bits per heavy atom. The molecule has 1 N–H and O–H groups in total. The van der Waals surface area contributed by atoms with Gasteiger partial charge in [-0.05, 0) is 24.3 Å². The number of nitriles is 1. The van der Waals surface area contributed by atoms with Gasteiger partial charge >= 0.3 is 0 Å². The van der Waals surface area contributed by atoms with E-state index >= 15 is 0 Å². The van der Waals surface area contributed by atoms with Crippen LogP contribution in [0.25, 0.3) is 11.3 Å². The van der Waals surface area contributed by atoms with Crippen molar-refractivity contribution in [2.24, 2.45) is 0 Å². The molecule has 0 amide bonds. The zero-order valence-electron chi connectivity index (χ0n) is 12.7.